The maximum Gasteiger partial charge on any atom is 0.106 e. The van der Waals surface area contributed by atoms with Gasteiger partial charge in [0.15, 0.2) is 0 Å². The summed E-state index contributed by atoms with van der Waals surface area (Å²) in [7, 11) is 0. The zero-order valence-corrected chi connectivity index (χ0v) is 12.9. The largest absolute Gasteiger partial charge is 0.389 e. The Morgan fingerprint density at radius 1 is 1.47 bits per heavy atom. The molecule has 1 heterocycles. The SMILES string of the molecule is CC(Cc1cccs1)Nc1cc(Cl)ccc1C(N)=S. The van der Waals surface area contributed by atoms with Crippen LogP contribution in [0.2, 0.25) is 5.02 Å². The normalized spacial score (nSPS) is 12.1. The minimum atomic E-state index is 0.283. The molecule has 1 atom stereocenters. The fraction of sp³-hybridized carbons (Fsp3) is 0.214. The smallest absolute Gasteiger partial charge is 0.106 e. The first-order valence-electron chi connectivity index (χ1n) is 5.94. The van der Waals surface area contributed by atoms with Crippen LogP contribution in [0.3, 0.4) is 0 Å². The molecule has 1 unspecified atom stereocenters. The molecule has 2 aromatic rings. The summed E-state index contributed by atoms with van der Waals surface area (Å²) in [5, 5.41) is 6.18. The zero-order chi connectivity index (χ0) is 13.8. The molecule has 0 saturated carbocycles. The van der Waals surface area contributed by atoms with Crippen LogP contribution < -0.4 is 11.1 Å². The summed E-state index contributed by atoms with van der Waals surface area (Å²) >= 11 is 12.8. The molecule has 100 valence electrons. The van der Waals surface area contributed by atoms with Crippen LogP contribution in [-0.4, -0.2) is 11.0 Å². The number of benzene rings is 1. The van der Waals surface area contributed by atoms with Gasteiger partial charge in [-0.2, -0.15) is 0 Å². The number of thiocarbonyl (C=S) groups is 1. The summed E-state index contributed by atoms with van der Waals surface area (Å²) in [5.74, 6) is 0. The van der Waals surface area contributed by atoms with E-state index >= 15 is 0 Å². The van der Waals surface area contributed by atoms with Gasteiger partial charge in [-0.1, -0.05) is 29.9 Å². The lowest BCUT2D eigenvalue weighted by Crippen LogP contribution is -2.21. The predicted octanol–water partition coefficient (Wildman–Crippen LogP) is 4.08. The fourth-order valence-corrected chi connectivity index (χ4v) is 3.08. The van der Waals surface area contributed by atoms with Crippen LogP contribution in [0.4, 0.5) is 5.69 Å². The summed E-state index contributed by atoms with van der Waals surface area (Å²) in [6.45, 7) is 2.13. The van der Waals surface area contributed by atoms with Crippen LogP contribution in [-0.2, 0) is 6.42 Å². The molecule has 3 N–H and O–H groups in total. The Labute approximate surface area is 127 Å². The van der Waals surface area contributed by atoms with E-state index in [4.69, 9.17) is 29.6 Å². The maximum absolute atomic E-state index is 6.03. The van der Waals surface area contributed by atoms with Crippen molar-refractivity contribution in [2.75, 3.05) is 5.32 Å². The van der Waals surface area contributed by atoms with Crippen molar-refractivity contribution in [3.8, 4) is 0 Å². The van der Waals surface area contributed by atoms with Crippen LogP contribution in [0.5, 0.6) is 0 Å². The zero-order valence-electron chi connectivity index (χ0n) is 10.5. The van der Waals surface area contributed by atoms with Gasteiger partial charge in [0.25, 0.3) is 0 Å². The van der Waals surface area contributed by atoms with Crippen molar-refractivity contribution in [3.05, 3.63) is 51.2 Å². The quantitative estimate of drug-likeness (QED) is 0.817. The van der Waals surface area contributed by atoms with E-state index in [-0.39, 0.29) is 6.04 Å². The standard InChI is InChI=1S/C14H15ClN2S2/c1-9(7-11-3-2-6-19-11)17-13-8-10(15)4-5-12(13)14(16)18/h2-6,8-9,17H,7H2,1H3,(H2,16,18). The second-order valence-electron chi connectivity index (χ2n) is 4.38. The minimum Gasteiger partial charge on any atom is -0.389 e. The second-order valence-corrected chi connectivity index (χ2v) is 6.29. The van der Waals surface area contributed by atoms with Crippen LogP contribution in [0.1, 0.15) is 17.4 Å². The summed E-state index contributed by atoms with van der Waals surface area (Å²) in [6, 6.07) is 9.99. The molecule has 0 amide bonds. The molecule has 0 spiro atoms. The molecule has 0 fully saturated rings. The Hall–Kier alpha value is -1.10. The van der Waals surface area contributed by atoms with E-state index in [9.17, 15) is 0 Å². The van der Waals surface area contributed by atoms with Crippen molar-refractivity contribution in [3.63, 3.8) is 0 Å². The molecular weight excluding hydrogens is 296 g/mol. The highest BCUT2D eigenvalue weighted by molar-refractivity contribution is 7.80. The molecule has 1 aromatic carbocycles. The number of rotatable bonds is 5. The first kappa shape index (κ1) is 14.3. The van der Waals surface area contributed by atoms with E-state index in [0.717, 1.165) is 17.7 Å². The van der Waals surface area contributed by atoms with Gasteiger partial charge in [-0.25, -0.2) is 0 Å². The van der Waals surface area contributed by atoms with Gasteiger partial charge >= 0.3 is 0 Å². The second kappa shape index (κ2) is 6.37. The molecule has 19 heavy (non-hydrogen) atoms. The number of nitrogens with two attached hydrogens (primary N) is 1. The van der Waals surface area contributed by atoms with Gasteiger partial charge in [-0.3, -0.25) is 0 Å². The average molecular weight is 311 g/mol. The molecular formula is C14H15ClN2S2. The molecule has 0 bridgehead atoms. The van der Waals surface area contributed by atoms with Crippen LogP contribution in [0, 0.1) is 0 Å². The number of hydrogen-bond acceptors (Lipinski definition) is 3. The van der Waals surface area contributed by atoms with Gasteiger partial charge in [0, 0.05) is 33.6 Å². The van der Waals surface area contributed by atoms with E-state index in [2.05, 4.69) is 29.8 Å². The van der Waals surface area contributed by atoms with Crippen molar-refractivity contribution >= 4 is 45.8 Å². The van der Waals surface area contributed by atoms with Gasteiger partial charge < -0.3 is 11.1 Å². The van der Waals surface area contributed by atoms with Crippen LogP contribution >= 0.6 is 35.2 Å². The lowest BCUT2D eigenvalue weighted by molar-refractivity contribution is 0.800. The number of hydrogen-bond donors (Lipinski definition) is 2. The molecule has 0 radical (unpaired) electrons. The number of halogens is 1. The van der Waals surface area contributed by atoms with Gasteiger partial charge in [0.2, 0.25) is 0 Å². The summed E-state index contributed by atoms with van der Waals surface area (Å²) < 4.78 is 0. The topological polar surface area (TPSA) is 38.0 Å². The van der Waals surface area contributed by atoms with E-state index in [1.54, 1.807) is 17.4 Å². The van der Waals surface area contributed by atoms with Crippen molar-refractivity contribution < 1.29 is 0 Å². The minimum absolute atomic E-state index is 0.283. The monoisotopic (exact) mass is 310 g/mol. The first-order chi connectivity index (χ1) is 9.06. The van der Waals surface area contributed by atoms with Gasteiger partial charge in [-0.15, -0.1) is 11.3 Å². The molecule has 0 aliphatic rings. The molecule has 0 aliphatic heterocycles. The van der Waals surface area contributed by atoms with Gasteiger partial charge in [0.1, 0.15) is 4.99 Å². The number of nitrogens with one attached hydrogen (secondary N) is 1. The Morgan fingerprint density at radius 3 is 2.89 bits per heavy atom. The highest BCUT2D eigenvalue weighted by atomic mass is 35.5. The lowest BCUT2D eigenvalue weighted by Gasteiger charge is -2.17. The third kappa shape index (κ3) is 3.93. The van der Waals surface area contributed by atoms with Crippen molar-refractivity contribution in [1.29, 1.82) is 0 Å². The van der Waals surface area contributed by atoms with Gasteiger partial charge in [-0.05, 0) is 36.6 Å². The predicted molar refractivity (Wildman–Crippen MR) is 88.4 cm³/mol. The third-order valence-corrected chi connectivity index (χ3v) is 4.09. The molecule has 1 aromatic heterocycles. The number of anilines is 1. The van der Waals surface area contributed by atoms with E-state index < -0.39 is 0 Å². The van der Waals surface area contributed by atoms with E-state index in [1.807, 2.05) is 12.1 Å². The van der Waals surface area contributed by atoms with Gasteiger partial charge in [0.05, 0.1) is 0 Å². The Bertz CT molecular complexity index is 567. The third-order valence-electron chi connectivity index (χ3n) is 2.74. The fourth-order valence-electron chi connectivity index (χ4n) is 1.90. The molecule has 0 aliphatic carbocycles. The number of thiophene rings is 1. The maximum atomic E-state index is 6.03. The highest BCUT2D eigenvalue weighted by Gasteiger charge is 2.10. The summed E-state index contributed by atoms with van der Waals surface area (Å²) in [6.07, 6.45) is 0.959. The average Bonchev–Trinajstić information content (AvgIpc) is 2.81. The van der Waals surface area contributed by atoms with Crippen molar-refractivity contribution in [2.24, 2.45) is 5.73 Å². The first-order valence-corrected chi connectivity index (χ1v) is 7.61. The van der Waals surface area contributed by atoms with E-state index in [1.165, 1.54) is 4.88 Å². The summed E-state index contributed by atoms with van der Waals surface area (Å²) in [5.41, 5.74) is 7.45. The van der Waals surface area contributed by atoms with Crippen molar-refractivity contribution in [1.82, 2.24) is 0 Å². The Kier molecular flexibility index (Phi) is 4.80. The Balaban J connectivity index is 2.13. The van der Waals surface area contributed by atoms with Crippen LogP contribution in [0.25, 0.3) is 0 Å². The lowest BCUT2D eigenvalue weighted by atomic mass is 10.1. The Morgan fingerprint density at radius 2 is 2.26 bits per heavy atom. The van der Waals surface area contributed by atoms with E-state index in [0.29, 0.717) is 10.0 Å². The molecule has 2 nitrogen and oxygen atoms in total. The van der Waals surface area contributed by atoms with Crippen LogP contribution in [0.15, 0.2) is 35.7 Å². The molecule has 5 heteroatoms. The van der Waals surface area contributed by atoms with Crippen molar-refractivity contribution in [2.45, 2.75) is 19.4 Å². The molecule has 0 saturated heterocycles. The summed E-state index contributed by atoms with van der Waals surface area (Å²) in [4.78, 5) is 1.72. The highest BCUT2D eigenvalue weighted by Crippen LogP contribution is 2.23. The molecule has 2 rings (SSSR count).